The summed E-state index contributed by atoms with van der Waals surface area (Å²) in [6.07, 6.45) is 5.65. The summed E-state index contributed by atoms with van der Waals surface area (Å²) in [7, 11) is 0. The first kappa shape index (κ1) is 13.5. The smallest absolute Gasteiger partial charge is 0.306 e. The lowest BCUT2D eigenvalue weighted by atomic mass is 9.76. The molecule has 0 radical (unpaired) electrons. The lowest BCUT2D eigenvalue weighted by Gasteiger charge is -2.33. The van der Waals surface area contributed by atoms with Crippen molar-refractivity contribution in [3.8, 4) is 0 Å². The predicted octanol–water partition coefficient (Wildman–Crippen LogP) is 2.63. The zero-order chi connectivity index (χ0) is 12.2. The van der Waals surface area contributed by atoms with Gasteiger partial charge in [-0.3, -0.25) is 4.79 Å². The van der Waals surface area contributed by atoms with Gasteiger partial charge < -0.3 is 10.5 Å². The normalized spacial score (nSPS) is 22.8. The molecule has 1 rings (SSSR count). The molecule has 3 heteroatoms. The van der Waals surface area contributed by atoms with Crippen LogP contribution in [0, 0.1) is 5.41 Å². The van der Waals surface area contributed by atoms with Gasteiger partial charge in [-0.15, -0.1) is 0 Å². The van der Waals surface area contributed by atoms with Gasteiger partial charge in [-0.25, -0.2) is 0 Å². The molecule has 0 aromatic carbocycles. The highest BCUT2D eigenvalue weighted by atomic mass is 16.5. The summed E-state index contributed by atoms with van der Waals surface area (Å²) >= 11 is 0. The standard InChI is InChI=1S/C13H25NO2/c1-10(14)4-5-12(15)16-11-6-8-13(2,3)9-7-11/h10-11H,4-9,14H2,1-3H3. The number of ether oxygens (including phenoxy) is 1. The molecule has 1 atom stereocenters. The quantitative estimate of drug-likeness (QED) is 0.751. The van der Waals surface area contributed by atoms with Crippen molar-refractivity contribution in [2.24, 2.45) is 11.1 Å². The highest BCUT2D eigenvalue weighted by Crippen LogP contribution is 2.36. The fourth-order valence-corrected chi connectivity index (χ4v) is 2.08. The van der Waals surface area contributed by atoms with Crippen molar-refractivity contribution >= 4 is 5.97 Å². The summed E-state index contributed by atoms with van der Waals surface area (Å²) in [6.45, 7) is 6.47. The van der Waals surface area contributed by atoms with Crippen LogP contribution in [0.1, 0.15) is 59.3 Å². The minimum absolute atomic E-state index is 0.0813. The average molecular weight is 227 g/mol. The third-order valence-corrected chi connectivity index (χ3v) is 3.39. The minimum Gasteiger partial charge on any atom is -0.462 e. The van der Waals surface area contributed by atoms with Crippen molar-refractivity contribution in [3.05, 3.63) is 0 Å². The van der Waals surface area contributed by atoms with Crippen LogP contribution in [0.5, 0.6) is 0 Å². The molecule has 0 aromatic rings. The summed E-state index contributed by atoms with van der Waals surface area (Å²) in [6, 6.07) is 0.0813. The van der Waals surface area contributed by atoms with Gasteiger partial charge in [-0.1, -0.05) is 13.8 Å². The number of nitrogens with two attached hydrogens (primary N) is 1. The van der Waals surface area contributed by atoms with Crippen LogP contribution in [0.15, 0.2) is 0 Å². The van der Waals surface area contributed by atoms with E-state index in [9.17, 15) is 4.79 Å². The Morgan fingerprint density at radius 1 is 1.44 bits per heavy atom. The van der Waals surface area contributed by atoms with Crippen LogP contribution in [-0.2, 0) is 9.53 Å². The van der Waals surface area contributed by atoms with Crippen molar-refractivity contribution in [2.45, 2.75) is 71.4 Å². The van der Waals surface area contributed by atoms with Crippen LogP contribution >= 0.6 is 0 Å². The van der Waals surface area contributed by atoms with Crippen molar-refractivity contribution in [2.75, 3.05) is 0 Å². The second-order valence-corrected chi connectivity index (χ2v) is 5.87. The molecule has 0 bridgehead atoms. The van der Waals surface area contributed by atoms with Gasteiger partial charge >= 0.3 is 5.97 Å². The number of rotatable bonds is 4. The fourth-order valence-electron chi connectivity index (χ4n) is 2.08. The molecule has 1 saturated carbocycles. The van der Waals surface area contributed by atoms with Crippen LogP contribution in [0.3, 0.4) is 0 Å². The van der Waals surface area contributed by atoms with Gasteiger partial charge in [0.05, 0.1) is 0 Å². The molecule has 1 fully saturated rings. The van der Waals surface area contributed by atoms with Gasteiger partial charge in [0, 0.05) is 12.5 Å². The molecule has 1 unspecified atom stereocenters. The Bertz CT molecular complexity index is 226. The third-order valence-electron chi connectivity index (χ3n) is 3.39. The highest BCUT2D eigenvalue weighted by Gasteiger charge is 2.28. The van der Waals surface area contributed by atoms with Gasteiger partial charge in [-0.05, 0) is 44.4 Å². The van der Waals surface area contributed by atoms with E-state index in [0.717, 1.165) is 32.1 Å². The molecule has 2 N–H and O–H groups in total. The Balaban J connectivity index is 2.21. The summed E-state index contributed by atoms with van der Waals surface area (Å²) in [5.41, 5.74) is 6.03. The van der Waals surface area contributed by atoms with Gasteiger partial charge in [0.2, 0.25) is 0 Å². The first-order valence-corrected chi connectivity index (χ1v) is 6.34. The second-order valence-electron chi connectivity index (χ2n) is 5.87. The third kappa shape index (κ3) is 4.97. The zero-order valence-electron chi connectivity index (χ0n) is 10.8. The number of hydrogen-bond donors (Lipinski definition) is 1. The van der Waals surface area contributed by atoms with Crippen LogP contribution in [0.25, 0.3) is 0 Å². The van der Waals surface area contributed by atoms with Crippen LogP contribution in [0.2, 0.25) is 0 Å². The molecule has 0 heterocycles. The second kappa shape index (κ2) is 5.67. The Morgan fingerprint density at radius 3 is 2.50 bits per heavy atom. The molecule has 0 saturated heterocycles. The van der Waals surface area contributed by atoms with Crippen LogP contribution in [0.4, 0.5) is 0 Å². The summed E-state index contributed by atoms with van der Waals surface area (Å²) < 4.78 is 5.44. The molecular formula is C13H25NO2. The van der Waals surface area contributed by atoms with E-state index in [-0.39, 0.29) is 18.1 Å². The molecular weight excluding hydrogens is 202 g/mol. The first-order valence-electron chi connectivity index (χ1n) is 6.34. The molecule has 16 heavy (non-hydrogen) atoms. The lowest BCUT2D eigenvalue weighted by Crippen LogP contribution is -2.28. The Kier molecular flexibility index (Phi) is 4.78. The summed E-state index contributed by atoms with van der Waals surface area (Å²) in [5, 5.41) is 0. The van der Waals surface area contributed by atoms with E-state index in [1.807, 2.05) is 6.92 Å². The van der Waals surface area contributed by atoms with Crippen molar-refractivity contribution < 1.29 is 9.53 Å². The van der Waals surface area contributed by atoms with Gasteiger partial charge in [-0.2, -0.15) is 0 Å². The molecule has 0 spiro atoms. The van der Waals surface area contributed by atoms with E-state index in [2.05, 4.69) is 13.8 Å². The van der Waals surface area contributed by atoms with Crippen molar-refractivity contribution in [3.63, 3.8) is 0 Å². The van der Waals surface area contributed by atoms with Crippen molar-refractivity contribution in [1.82, 2.24) is 0 Å². The van der Waals surface area contributed by atoms with E-state index in [0.29, 0.717) is 11.8 Å². The van der Waals surface area contributed by atoms with E-state index < -0.39 is 0 Å². The topological polar surface area (TPSA) is 52.3 Å². The zero-order valence-corrected chi connectivity index (χ0v) is 10.8. The van der Waals surface area contributed by atoms with E-state index in [1.54, 1.807) is 0 Å². The largest absolute Gasteiger partial charge is 0.462 e. The molecule has 1 aliphatic rings. The number of hydrogen-bond acceptors (Lipinski definition) is 3. The Hall–Kier alpha value is -0.570. The number of esters is 1. The van der Waals surface area contributed by atoms with Gasteiger partial charge in [0.1, 0.15) is 6.10 Å². The Labute approximate surface area is 98.7 Å². The van der Waals surface area contributed by atoms with Crippen LogP contribution < -0.4 is 5.73 Å². The highest BCUT2D eigenvalue weighted by molar-refractivity contribution is 5.69. The number of carbonyl (C=O) groups is 1. The molecule has 3 nitrogen and oxygen atoms in total. The molecule has 1 aliphatic carbocycles. The molecule has 0 amide bonds. The van der Waals surface area contributed by atoms with E-state index in [1.165, 1.54) is 0 Å². The maximum absolute atomic E-state index is 11.5. The lowest BCUT2D eigenvalue weighted by molar-refractivity contribution is -0.151. The maximum Gasteiger partial charge on any atom is 0.306 e. The van der Waals surface area contributed by atoms with E-state index in [4.69, 9.17) is 10.5 Å². The summed E-state index contributed by atoms with van der Waals surface area (Å²) in [5.74, 6) is -0.0815. The molecule has 94 valence electrons. The van der Waals surface area contributed by atoms with Crippen LogP contribution in [-0.4, -0.2) is 18.1 Å². The molecule has 0 aliphatic heterocycles. The first-order chi connectivity index (χ1) is 7.39. The van der Waals surface area contributed by atoms with Gasteiger partial charge in [0.15, 0.2) is 0 Å². The maximum atomic E-state index is 11.5. The Morgan fingerprint density at radius 2 is 2.00 bits per heavy atom. The minimum atomic E-state index is -0.0815. The SMILES string of the molecule is CC(N)CCC(=O)OC1CCC(C)(C)CC1. The fraction of sp³-hybridized carbons (Fsp3) is 0.923. The van der Waals surface area contributed by atoms with E-state index >= 15 is 0 Å². The predicted molar refractivity (Wildman–Crippen MR) is 65.0 cm³/mol. The molecule has 0 aromatic heterocycles. The summed E-state index contributed by atoms with van der Waals surface area (Å²) in [4.78, 5) is 11.5. The number of carbonyl (C=O) groups excluding carboxylic acids is 1. The van der Waals surface area contributed by atoms with Crippen molar-refractivity contribution in [1.29, 1.82) is 0 Å². The monoisotopic (exact) mass is 227 g/mol. The average Bonchev–Trinajstić information content (AvgIpc) is 2.18. The van der Waals surface area contributed by atoms with Gasteiger partial charge in [0.25, 0.3) is 0 Å².